The quantitative estimate of drug-likeness (QED) is 0.118. The van der Waals surface area contributed by atoms with E-state index in [2.05, 4.69) is 14.7 Å². The number of aliphatic hydroxyl groups is 1. The van der Waals surface area contributed by atoms with E-state index >= 15 is 0 Å². The standard InChI is InChI=1S/C15H15NO3.C13H11NO2.C2H5ClO/c1-18-11-19-10-12-2-4-13(5-3-12)14-6-7-15(9-17)16-8-14;15-8-10-1-3-11(4-2-10)12-5-6-13(9-16)14-7-12;1-4-2-3/h2-9H,10-11H2,1H3;1-7,9,15H,8H2;2H2,1H3. The van der Waals surface area contributed by atoms with E-state index in [1.54, 1.807) is 38.7 Å². The molecule has 0 spiro atoms. The average Bonchev–Trinajstić information content (AvgIpc) is 3.02. The number of benzene rings is 2. The molecule has 39 heavy (non-hydrogen) atoms. The van der Waals surface area contributed by atoms with Gasteiger partial charge in [0, 0.05) is 37.7 Å². The van der Waals surface area contributed by atoms with Crippen molar-refractivity contribution >= 4 is 24.2 Å². The van der Waals surface area contributed by atoms with E-state index in [0.29, 0.717) is 30.9 Å². The van der Waals surface area contributed by atoms with E-state index in [-0.39, 0.29) is 6.61 Å². The highest BCUT2D eigenvalue weighted by Crippen LogP contribution is 2.20. The topological polar surface area (TPSA) is 108 Å². The number of hydrogen-bond donors (Lipinski definition) is 1. The second-order valence-electron chi connectivity index (χ2n) is 7.88. The smallest absolute Gasteiger partial charge is 0.168 e. The van der Waals surface area contributed by atoms with Crippen LogP contribution >= 0.6 is 11.6 Å². The Morgan fingerprint density at radius 2 is 1.13 bits per heavy atom. The number of aliphatic hydroxyl groups excluding tert-OH is 1. The van der Waals surface area contributed by atoms with Gasteiger partial charge in [0.15, 0.2) is 12.6 Å². The zero-order valence-electron chi connectivity index (χ0n) is 21.8. The van der Waals surface area contributed by atoms with Crippen LogP contribution in [0.2, 0.25) is 0 Å². The minimum absolute atomic E-state index is 0.0443. The lowest BCUT2D eigenvalue weighted by atomic mass is 10.1. The van der Waals surface area contributed by atoms with Gasteiger partial charge in [0.2, 0.25) is 0 Å². The Hall–Kier alpha value is -3.79. The van der Waals surface area contributed by atoms with Gasteiger partial charge in [-0.2, -0.15) is 0 Å². The number of aromatic nitrogens is 2. The molecule has 0 aliphatic heterocycles. The van der Waals surface area contributed by atoms with Crippen molar-refractivity contribution in [3.8, 4) is 22.3 Å². The van der Waals surface area contributed by atoms with Crippen molar-refractivity contribution in [2.45, 2.75) is 13.2 Å². The van der Waals surface area contributed by atoms with Crippen LogP contribution in [0.1, 0.15) is 32.1 Å². The summed E-state index contributed by atoms with van der Waals surface area (Å²) in [5.41, 5.74) is 6.83. The molecule has 9 heteroatoms. The summed E-state index contributed by atoms with van der Waals surface area (Å²) in [6.45, 7) is 0.859. The highest BCUT2D eigenvalue weighted by atomic mass is 35.5. The van der Waals surface area contributed by atoms with Crippen LogP contribution in [0.25, 0.3) is 22.3 Å². The third-order valence-corrected chi connectivity index (χ3v) is 5.37. The van der Waals surface area contributed by atoms with Gasteiger partial charge in [0.1, 0.15) is 24.2 Å². The van der Waals surface area contributed by atoms with Crippen LogP contribution in [0.3, 0.4) is 0 Å². The molecule has 0 unspecified atom stereocenters. The first-order valence-corrected chi connectivity index (χ1v) is 12.4. The van der Waals surface area contributed by atoms with Gasteiger partial charge < -0.3 is 19.3 Å². The van der Waals surface area contributed by atoms with Gasteiger partial charge in [-0.3, -0.25) is 19.6 Å². The molecule has 0 fully saturated rings. The Morgan fingerprint density at radius 1 is 0.692 bits per heavy atom. The first kappa shape index (κ1) is 31.4. The van der Waals surface area contributed by atoms with Crippen LogP contribution in [0, 0.1) is 0 Å². The number of carbonyl (C=O) groups excluding carboxylic acids is 2. The van der Waals surface area contributed by atoms with Gasteiger partial charge >= 0.3 is 0 Å². The second kappa shape index (κ2) is 18.5. The van der Waals surface area contributed by atoms with Gasteiger partial charge in [-0.25, -0.2) is 0 Å². The largest absolute Gasteiger partial charge is 0.392 e. The molecule has 0 atom stereocenters. The first-order chi connectivity index (χ1) is 19.1. The molecular formula is C30H31ClN2O6. The SMILES string of the molecule is COCCl.COCOCc1ccc(-c2ccc(C=O)nc2)cc1.O=Cc1ccc(-c2ccc(CO)cc2)cn1. The van der Waals surface area contributed by atoms with Crippen LogP contribution in [0.5, 0.6) is 0 Å². The normalized spacial score (nSPS) is 9.95. The number of nitrogens with zero attached hydrogens (tertiary/aromatic N) is 2. The number of alkyl halides is 1. The molecule has 0 aliphatic carbocycles. The fraction of sp³-hybridized carbons (Fsp3) is 0.200. The van der Waals surface area contributed by atoms with Crippen LogP contribution in [0.4, 0.5) is 0 Å². The van der Waals surface area contributed by atoms with Crippen molar-refractivity contribution in [3.63, 3.8) is 0 Å². The Bertz CT molecular complexity index is 1230. The summed E-state index contributed by atoms with van der Waals surface area (Å²) < 4.78 is 14.4. The second-order valence-corrected chi connectivity index (χ2v) is 8.10. The minimum atomic E-state index is 0.0443. The van der Waals surface area contributed by atoms with Crippen LogP contribution in [0.15, 0.2) is 85.2 Å². The minimum Gasteiger partial charge on any atom is -0.392 e. The van der Waals surface area contributed by atoms with Crippen molar-refractivity contribution in [2.75, 3.05) is 27.1 Å². The number of hydrogen-bond acceptors (Lipinski definition) is 8. The molecule has 4 rings (SSSR count). The maximum atomic E-state index is 10.5. The molecule has 0 amide bonds. The van der Waals surface area contributed by atoms with Crippen LogP contribution < -0.4 is 0 Å². The van der Waals surface area contributed by atoms with Crippen molar-refractivity contribution in [1.29, 1.82) is 0 Å². The summed E-state index contributed by atoms with van der Waals surface area (Å²) in [5, 5.41) is 8.92. The molecule has 0 saturated carbocycles. The van der Waals surface area contributed by atoms with Gasteiger partial charge in [-0.05, 0) is 34.4 Å². The van der Waals surface area contributed by atoms with E-state index in [1.807, 2.05) is 60.7 Å². The van der Waals surface area contributed by atoms with Gasteiger partial charge in [0.25, 0.3) is 0 Å². The highest BCUT2D eigenvalue weighted by molar-refractivity contribution is 6.17. The van der Waals surface area contributed by atoms with E-state index < -0.39 is 0 Å². The summed E-state index contributed by atoms with van der Waals surface area (Å²) in [5.74, 6) is 0. The number of halogens is 1. The third kappa shape index (κ3) is 11.2. The maximum Gasteiger partial charge on any atom is 0.168 e. The molecule has 8 nitrogen and oxygen atoms in total. The summed E-state index contributed by atoms with van der Waals surface area (Å²) >= 11 is 4.96. The zero-order chi connectivity index (χ0) is 28.3. The van der Waals surface area contributed by atoms with Gasteiger partial charge in [-0.15, -0.1) is 0 Å². The monoisotopic (exact) mass is 550 g/mol. The Balaban J connectivity index is 0.000000243. The fourth-order valence-electron chi connectivity index (χ4n) is 3.13. The zero-order valence-corrected chi connectivity index (χ0v) is 22.6. The predicted octanol–water partition coefficient (Wildman–Crippen LogP) is 5.56. The van der Waals surface area contributed by atoms with E-state index in [4.69, 9.17) is 26.2 Å². The molecular weight excluding hydrogens is 520 g/mol. The molecule has 2 aromatic heterocycles. The molecule has 0 saturated heterocycles. The molecule has 4 aromatic rings. The Morgan fingerprint density at radius 3 is 1.46 bits per heavy atom. The maximum absolute atomic E-state index is 10.5. The number of carbonyl (C=O) groups is 2. The van der Waals surface area contributed by atoms with Crippen molar-refractivity contribution < 1.29 is 28.9 Å². The number of ether oxygens (including phenoxy) is 3. The lowest BCUT2D eigenvalue weighted by molar-refractivity contribution is -0.0390. The van der Waals surface area contributed by atoms with Crippen LogP contribution in [-0.2, 0) is 27.4 Å². The third-order valence-electron chi connectivity index (χ3n) is 5.15. The molecule has 0 aliphatic rings. The first-order valence-electron chi connectivity index (χ1n) is 11.8. The molecule has 0 radical (unpaired) electrons. The summed E-state index contributed by atoms with van der Waals surface area (Å²) in [4.78, 5) is 29.0. The van der Waals surface area contributed by atoms with Crippen molar-refractivity contribution in [3.05, 3.63) is 108 Å². The summed E-state index contributed by atoms with van der Waals surface area (Å²) in [6, 6.07) is 23.0. The highest BCUT2D eigenvalue weighted by Gasteiger charge is 2.01. The molecule has 1 N–H and O–H groups in total. The Labute approximate surface area is 233 Å². The van der Waals surface area contributed by atoms with E-state index in [0.717, 1.165) is 46.0 Å². The lowest BCUT2D eigenvalue weighted by Crippen LogP contribution is -1.96. The van der Waals surface area contributed by atoms with Crippen molar-refractivity contribution in [2.24, 2.45) is 0 Å². The van der Waals surface area contributed by atoms with E-state index in [1.165, 1.54) is 0 Å². The number of methoxy groups -OCH3 is 2. The van der Waals surface area contributed by atoms with Gasteiger partial charge in [-0.1, -0.05) is 72.3 Å². The molecule has 2 heterocycles. The number of aldehydes is 2. The lowest BCUT2D eigenvalue weighted by Gasteiger charge is -2.05. The molecule has 2 aromatic carbocycles. The summed E-state index contributed by atoms with van der Waals surface area (Å²) in [7, 11) is 3.14. The molecule has 204 valence electrons. The predicted molar refractivity (Wildman–Crippen MR) is 150 cm³/mol. The Kier molecular flexibility index (Phi) is 14.9. The average molecular weight is 551 g/mol. The van der Waals surface area contributed by atoms with Crippen LogP contribution in [-0.4, -0.2) is 54.7 Å². The fourth-order valence-corrected chi connectivity index (χ4v) is 3.13. The van der Waals surface area contributed by atoms with E-state index in [9.17, 15) is 9.59 Å². The van der Waals surface area contributed by atoms with Crippen molar-refractivity contribution in [1.82, 2.24) is 9.97 Å². The van der Waals surface area contributed by atoms with Gasteiger partial charge in [0.05, 0.1) is 13.2 Å². The number of rotatable bonds is 10. The molecule has 0 bridgehead atoms. The number of pyridine rings is 2. The summed E-state index contributed by atoms with van der Waals surface area (Å²) in [6.07, 6.45) is 4.82.